The number of aromatic carboxylic acids is 1. The molecule has 0 saturated carbocycles. The zero-order valence-electron chi connectivity index (χ0n) is 8.81. The minimum absolute atomic E-state index is 0.202. The van der Waals surface area contributed by atoms with Gasteiger partial charge in [0.25, 0.3) is 0 Å². The molecule has 0 aliphatic rings. The summed E-state index contributed by atoms with van der Waals surface area (Å²) in [6, 6.07) is 6.81. The first-order valence-corrected chi connectivity index (χ1v) is 6.26. The van der Waals surface area contributed by atoms with Crippen molar-refractivity contribution in [3.63, 3.8) is 0 Å². The molecular weight excluding hydrogens is 262 g/mol. The summed E-state index contributed by atoms with van der Waals surface area (Å²) in [7, 11) is 0. The van der Waals surface area contributed by atoms with Crippen LogP contribution in [0.4, 0.5) is 0 Å². The lowest BCUT2D eigenvalue weighted by atomic mass is 10.1. The second-order valence-corrected chi connectivity index (χ2v) is 4.45. The van der Waals surface area contributed by atoms with Crippen molar-refractivity contribution >= 4 is 29.3 Å². The molecule has 0 radical (unpaired) electrons. The van der Waals surface area contributed by atoms with E-state index in [4.69, 9.17) is 21.2 Å². The summed E-state index contributed by atoms with van der Waals surface area (Å²) in [6.45, 7) is 0. The smallest absolute Gasteiger partial charge is 0.374 e. The Hall–Kier alpha value is -1.46. The molecule has 88 valence electrons. The first kappa shape index (κ1) is 12.0. The van der Waals surface area contributed by atoms with Crippen LogP contribution in [0.5, 0.6) is 0 Å². The quantitative estimate of drug-likeness (QED) is 0.865. The van der Waals surface area contributed by atoms with E-state index in [2.05, 4.69) is 5.16 Å². The van der Waals surface area contributed by atoms with Crippen LogP contribution in [0.25, 0.3) is 11.3 Å². The molecular formula is C11H8ClNO3S. The zero-order valence-corrected chi connectivity index (χ0v) is 10.4. The molecule has 17 heavy (non-hydrogen) atoms. The van der Waals surface area contributed by atoms with Crippen LogP contribution in [-0.4, -0.2) is 22.5 Å². The summed E-state index contributed by atoms with van der Waals surface area (Å²) in [5, 5.41) is 13.0. The molecule has 6 heteroatoms. The van der Waals surface area contributed by atoms with Crippen molar-refractivity contribution in [3.05, 3.63) is 35.0 Å². The van der Waals surface area contributed by atoms with Crippen LogP contribution in [0.3, 0.4) is 0 Å². The van der Waals surface area contributed by atoms with E-state index < -0.39 is 5.97 Å². The number of hydrogen-bond donors (Lipinski definition) is 1. The van der Waals surface area contributed by atoms with Crippen molar-refractivity contribution in [2.45, 2.75) is 4.90 Å². The molecule has 0 bridgehead atoms. The molecule has 0 amide bonds. The first-order valence-electron chi connectivity index (χ1n) is 4.66. The topological polar surface area (TPSA) is 63.3 Å². The van der Waals surface area contributed by atoms with Gasteiger partial charge in [-0.1, -0.05) is 22.8 Å². The van der Waals surface area contributed by atoms with Crippen LogP contribution >= 0.6 is 23.4 Å². The molecule has 2 rings (SSSR count). The van der Waals surface area contributed by atoms with Gasteiger partial charge in [0.15, 0.2) is 0 Å². The van der Waals surface area contributed by atoms with Crippen molar-refractivity contribution < 1.29 is 14.4 Å². The average Bonchev–Trinajstić information content (AvgIpc) is 2.77. The largest absolute Gasteiger partial charge is 0.475 e. The van der Waals surface area contributed by atoms with E-state index in [1.54, 1.807) is 6.07 Å². The number of halogens is 1. The third-order valence-electron chi connectivity index (χ3n) is 2.17. The lowest BCUT2D eigenvalue weighted by Crippen LogP contribution is -1.91. The number of thioether (sulfide) groups is 1. The Morgan fingerprint density at radius 1 is 1.53 bits per heavy atom. The molecule has 4 nitrogen and oxygen atoms in total. The number of nitrogens with zero attached hydrogens (tertiary/aromatic N) is 1. The van der Waals surface area contributed by atoms with Crippen LogP contribution in [-0.2, 0) is 0 Å². The number of carboxylic acid groups (broad SMARTS) is 1. The Morgan fingerprint density at radius 3 is 2.88 bits per heavy atom. The van der Waals surface area contributed by atoms with Crippen LogP contribution in [0.1, 0.15) is 10.6 Å². The molecule has 0 saturated heterocycles. The molecule has 1 heterocycles. The van der Waals surface area contributed by atoms with Crippen molar-refractivity contribution in [2.24, 2.45) is 0 Å². The maximum absolute atomic E-state index is 10.7. The molecule has 0 aliphatic heterocycles. The number of rotatable bonds is 3. The number of hydrogen-bond acceptors (Lipinski definition) is 4. The number of benzene rings is 1. The van der Waals surface area contributed by atoms with Crippen LogP contribution in [0.15, 0.2) is 33.7 Å². The van der Waals surface area contributed by atoms with Gasteiger partial charge in [-0.3, -0.25) is 0 Å². The van der Waals surface area contributed by atoms with Crippen LogP contribution in [0.2, 0.25) is 5.02 Å². The van der Waals surface area contributed by atoms with Gasteiger partial charge in [0.05, 0.1) is 5.02 Å². The fourth-order valence-corrected chi connectivity index (χ4v) is 2.38. The number of carboxylic acids is 1. The normalized spacial score (nSPS) is 10.5. The molecule has 1 aromatic carbocycles. The highest BCUT2D eigenvalue weighted by atomic mass is 35.5. The Labute approximate surface area is 107 Å². The molecule has 1 N–H and O–H groups in total. The lowest BCUT2D eigenvalue weighted by molar-refractivity contribution is 0.0652. The van der Waals surface area contributed by atoms with E-state index in [1.807, 2.05) is 18.4 Å². The van der Waals surface area contributed by atoms with Crippen molar-refractivity contribution in [1.82, 2.24) is 5.16 Å². The second-order valence-electron chi connectivity index (χ2n) is 3.20. The molecule has 0 atom stereocenters. The number of aromatic nitrogens is 1. The van der Waals surface area contributed by atoms with Crippen LogP contribution < -0.4 is 0 Å². The third kappa shape index (κ3) is 2.30. The summed E-state index contributed by atoms with van der Waals surface area (Å²) in [5.74, 6) is -1.35. The maximum atomic E-state index is 10.7. The highest BCUT2D eigenvalue weighted by molar-refractivity contribution is 7.98. The Balaban J connectivity index is 2.55. The van der Waals surface area contributed by atoms with E-state index in [9.17, 15) is 4.79 Å². The average molecular weight is 270 g/mol. The monoisotopic (exact) mass is 269 g/mol. The van der Waals surface area contributed by atoms with Gasteiger partial charge < -0.3 is 9.63 Å². The Morgan fingerprint density at radius 2 is 2.29 bits per heavy atom. The van der Waals surface area contributed by atoms with Gasteiger partial charge in [-0.25, -0.2) is 4.79 Å². The fourth-order valence-electron chi connectivity index (χ4n) is 1.42. The maximum Gasteiger partial charge on any atom is 0.374 e. The molecule has 0 fully saturated rings. The molecule has 0 spiro atoms. The minimum Gasteiger partial charge on any atom is -0.475 e. The summed E-state index contributed by atoms with van der Waals surface area (Å²) in [4.78, 5) is 11.6. The standard InChI is InChI=1S/C11H8ClNO3S/c1-17-9-4-2-3-6(12)10(9)7-5-8(11(14)15)16-13-7/h2-5H,1H3,(H,14,15). The highest BCUT2D eigenvalue weighted by Gasteiger charge is 2.16. The third-order valence-corrected chi connectivity index (χ3v) is 3.27. The van der Waals surface area contributed by atoms with Gasteiger partial charge in [-0.15, -0.1) is 11.8 Å². The minimum atomic E-state index is -1.15. The van der Waals surface area contributed by atoms with E-state index in [1.165, 1.54) is 17.8 Å². The number of carbonyl (C=O) groups is 1. The van der Waals surface area contributed by atoms with E-state index in [0.717, 1.165) is 4.90 Å². The summed E-state index contributed by atoms with van der Waals surface area (Å²) in [5.41, 5.74) is 1.12. The van der Waals surface area contributed by atoms with Gasteiger partial charge in [0.1, 0.15) is 5.69 Å². The van der Waals surface area contributed by atoms with E-state index in [0.29, 0.717) is 16.3 Å². The predicted octanol–water partition coefficient (Wildman–Crippen LogP) is 3.42. The predicted molar refractivity (Wildman–Crippen MR) is 65.7 cm³/mol. The zero-order chi connectivity index (χ0) is 12.4. The van der Waals surface area contributed by atoms with Gasteiger partial charge in [-0.2, -0.15) is 0 Å². The van der Waals surface area contributed by atoms with Crippen molar-refractivity contribution in [2.75, 3.05) is 6.26 Å². The SMILES string of the molecule is CSc1cccc(Cl)c1-c1cc(C(=O)O)on1. The van der Waals surface area contributed by atoms with Gasteiger partial charge in [-0.05, 0) is 18.4 Å². The lowest BCUT2D eigenvalue weighted by Gasteiger charge is -2.05. The summed E-state index contributed by atoms with van der Waals surface area (Å²) >= 11 is 7.60. The molecule has 0 aliphatic carbocycles. The fraction of sp³-hybridized carbons (Fsp3) is 0.0909. The molecule has 0 unspecified atom stereocenters. The van der Waals surface area contributed by atoms with Gasteiger partial charge >= 0.3 is 5.97 Å². The van der Waals surface area contributed by atoms with Crippen LogP contribution in [0, 0.1) is 0 Å². The van der Waals surface area contributed by atoms with Crippen molar-refractivity contribution in [3.8, 4) is 11.3 Å². The molecule has 1 aromatic heterocycles. The summed E-state index contributed by atoms with van der Waals surface area (Å²) < 4.78 is 4.72. The van der Waals surface area contributed by atoms with Gasteiger partial charge in [0.2, 0.25) is 5.76 Å². The Bertz CT molecular complexity index is 568. The van der Waals surface area contributed by atoms with Gasteiger partial charge in [0, 0.05) is 16.5 Å². The van der Waals surface area contributed by atoms with Crippen molar-refractivity contribution in [1.29, 1.82) is 0 Å². The summed E-state index contributed by atoms with van der Waals surface area (Å²) in [6.07, 6.45) is 1.91. The second kappa shape index (κ2) is 4.81. The first-order chi connectivity index (χ1) is 8.13. The van der Waals surface area contributed by atoms with E-state index in [-0.39, 0.29) is 5.76 Å². The highest BCUT2D eigenvalue weighted by Crippen LogP contribution is 2.35. The Kier molecular flexibility index (Phi) is 3.40. The molecule has 2 aromatic rings. The van der Waals surface area contributed by atoms with E-state index >= 15 is 0 Å².